The van der Waals surface area contributed by atoms with Gasteiger partial charge >= 0.3 is 0 Å². The highest BCUT2D eigenvalue weighted by molar-refractivity contribution is 5.93. The van der Waals surface area contributed by atoms with Gasteiger partial charge in [-0.25, -0.2) is 4.52 Å². The topological polar surface area (TPSA) is 104 Å². The van der Waals surface area contributed by atoms with Crippen LogP contribution in [-0.4, -0.2) is 45.2 Å². The molecule has 2 unspecified atom stereocenters. The number of hydrogen-bond acceptors (Lipinski definition) is 6. The third-order valence-electron chi connectivity index (χ3n) is 5.98. The molecule has 1 saturated heterocycles. The second-order valence-corrected chi connectivity index (χ2v) is 8.50. The van der Waals surface area contributed by atoms with Crippen molar-refractivity contribution in [3.63, 3.8) is 0 Å². The Balaban J connectivity index is 1.50. The number of carbonyl (C=O) groups excluding carboxylic acids is 1. The summed E-state index contributed by atoms with van der Waals surface area (Å²) in [4.78, 5) is 16.2. The van der Waals surface area contributed by atoms with E-state index in [9.17, 15) is 10.1 Å². The molecule has 1 amide bonds. The van der Waals surface area contributed by atoms with E-state index in [1.165, 1.54) is 0 Å². The van der Waals surface area contributed by atoms with Gasteiger partial charge in [-0.1, -0.05) is 6.07 Å². The summed E-state index contributed by atoms with van der Waals surface area (Å²) in [6.07, 6.45) is 12.9. The van der Waals surface area contributed by atoms with E-state index in [2.05, 4.69) is 32.7 Å². The molecule has 4 rings (SSSR count). The normalized spacial score (nSPS) is 20.1. The largest absolute Gasteiger partial charge is 0.492 e. The fourth-order valence-electron chi connectivity index (χ4n) is 4.25. The first-order valence-corrected chi connectivity index (χ1v) is 11.0. The molecule has 1 aliphatic rings. The van der Waals surface area contributed by atoms with Crippen LogP contribution >= 0.6 is 0 Å². The zero-order chi connectivity index (χ0) is 23.4. The molecule has 4 heterocycles. The van der Waals surface area contributed by atoms with Crippen molar-refractivity contribution in [1.82, 2.24) is 25.2 Å². The molecule has 8 nitrogen and oxygen atoms in total. The molecule has 2 N–H and O–H groups in total. The molecule has 33 heavy (non-hydrogen) atoms. The van der Waals surface area contributed by atoms with E-state index in [1.807, 2.05) is 38.2 Å². The van der Waals surface area contributed by atoms with Crippen molar-refractivity contribution in [2.24, 2.45) is 0 Å². The van der Waals surface area contributed by atoms with E-state index < -0.39 is 0 Å². The van der Waals surface area contributed by atoms with E-state index in [0.29, 0.717) is 24.5 Å². The first-order chi connectivity index (χ1) is 15.9. The number of amides is 1. The lowest BCUT2D eigenvalue weighted by atomic mass is 9.87. The Hall–Kier alpha value is -3.88. The number of rotatable bonds is 6. The lowest BCUT2D eigenvalue weighted by molar-refractivity contribution is -0.117. The molecule has 168 valence electrons. The van der Waals surface area contributed by atoms with Crippen molar-refractivity contribution in [2.75, 3.05) is 13.2 Å². The van der Waals surface area contributed by atoms with Gasteiger partial charge in [0.2, 0.25) is 0 Å². The Morgan fingerprint density at radius 3 is 2.94 bits per heavy atom. The van der Waals surface area contributed by atoms with Gasteiger partial charge in [0.15, 0.2) is 0 Å². The van der Waals surface area contributed by atoms with Crippen LogP contribution in [0.5, 0.6) is 5.75 Å². The Kier molecular flexibility index (Phi) is 6.30. The predicted octanol–water partition coefficient (Wildman–Crippen LogP) is 2.47. The van der Waals surface area contributed by atoms with Crippen LogP contribution in [-0.2, 0) is 11.2 Å². The molecule has 8 heteroatoms. The molecule has 2 atom stereocenters. The van der Waals surface area contributed by atoms with Gasteiger partial charge in [0.25, 0.3) is 5.91 Å². The second-order valence-electron chi connectivity index (χ2n) is 8.50. The van der Waals surface area contributed by atoms with Crippen LogP contribution in [0.15, 0.2) is 36.8 Å². The standard InChI is InChI=1S/C25H26N6O2/c1-4-23(32)30-25(3)9-8-20(28-16-25)10-19-7-6-17(13-27-19)22-11-21(33-5-2)15-31-24(22)18(12-26)14-29-31/h1,6-7,11,13-15,20,28H,5,8-10,16H2,2-3H3,(H,30,32). The summed E-state index contributed by atoms with van der Waals surface area (Å²) in [5.74, 6) is 2.42. The number of nitrogens with one attached hydrogen (secondary N) is 2. The number of piperidine rings is 1. The Bertz CT molecular complexity index is 1240. The number of carbonyl (C=O) groups is 1. The molecule has 0 radical (unpaired) electrons. The van der Waals surface area contributed by atoms with Crippen molar-refractivity contribution in [1.29, 1.82) is 5.26 Å². The minimum atomic E-state index is -0.379. The van der Waals surface area contributed by atoms with Gasteiger partial charge in [0.1, 0.15) is 11.8 Å². The molecule has 0 saturated carbocycles. The van der Waals surface area contributed by atoms with Crippen molar-refractivity contribution >= 4 is 11.4 Å². The lowest BCUT2D eigenvalue weighted by Gasteiger charge is -2.38. The average Bonchev–Trinajstić information content (AvgIpc) is 3.24. The summed E-state index contributed by atoms with van der Waals surface area (Å²) < 4.78 is 7.36. The van der Waals surface area contributed by atoms with Gasteiger partial charge in [-0.2, -0.15) is 10.4 Å². The van der Waals surface area contributed by atoms with Crippen LogP contribution in [0.25, 0.3) is 16.6 Å². The Morgan fingerprint density at radius 2 is 2.30 bits per heavy atom. The van der Waals surface area contributed by atoms with Crippen LogP contribution in [0.1, 0.15) is 37.9 Å². The van der Waals surface area contributed by atoms with Gasteiger partial charge in [-0.05, 0) is 44.7 Å². The van der Waals surface area contributed by atoms with E-state index in [0.717, 1.165) is 41.6 Å². The van der Waals surface area contributed by atoms with Gasteiger partial charge in [-0.3, -0.25) is 9.78 Å². The summed E-state index contributed by atoms with van der Waals surface area (Å²) in [5.41, 5.74) is 3.62. The maximum Gasteiger partial charge on any atom is 0.296 e. The highest BCUT2D eigenvalue weighted by Crippen LogP contribution is 2.31. The molecule has 1 fully saturated rings. The number of nitriles is 1. The summed E-state index contributed by atoms with van der Waals surface area (Å²) in [5, 5.41) is 20.2. The molecular formula is C25H26N6O2. The van der Waals surface area contributed by atoms with E-state index in [4.69, 9.17) is 11.2 Å². The minimum absolute atomic E-state index is 0.271. The molecular weight excluding hydrogens is 416 g/mol. The first-order valence-electron chi connectivity index (χ1n) is 11.0. The van der Waals surface area contributed by atoms with Crippen LogP contribution < -0.4 is 15.4 Å². The fourth-order valence-corrected chi connectivity index (χ4v) is 4.25. The highest BCUT2D eigenvalue weighted by atomic mass is 16.5. The van der Waals surface area contributed by atoms with Gasteiger partial charge < -0.3 is 15.4 Å². The quantitative estimate of drug-likeness (QED) is 0.569. The molecule has 0 aromatic carbocycles. The monoisotopic (exact) mass is 442 g/mol. The number of terminal acetylenes is 1. The second kappa shape index (κ2) is 9.32. The molecule has 0 aliphatic carbocycles. The number of pyridine rings is 2. The summed E-state index contributed by atoms with van der Waals surface area (Å²) in [7, 11) is 0. The SMILES string of the molecule is C#CC(=O)NC1(C)CCC(Cc2ccc(-c3cc(OCC)cn4ncc(C#N)c34)cn2)NC1. The summed E-state index contributed by atoms with van der Waals surface area (Å²) >= 11 is 0. The van der Waals surface area contributed by atoms with Crippen molar-refractivity contribution < 1.29 is 9.53 Å². The van der Waals surface area contributed by atoms with Crippen molar-refractivity contribution in [3.05, 3.63) is 48.0 Å². The van der Waals surface area contributed by atoms with E-state index in [-0.39, 0.29) is 17.5 Å². The zero-order valence-corrected chi connectivity index (χ0v) is 18.8. The number of ether oxygens (including phenoxy) is 1. The van der Waals surface area contributed by atoms with Gasteiger partial charge in [0.05, 0.1) is 35.6 Å². The van der Waals surface area contributed by atoms with E-state index >= 15 is 0 Å². The van der Waals surface area contributed by atoms with Crippen molar-refractivity contribution in [2.45, 2.75) is 44.7 Å². The number of nitrogens with zero attached hydrogens (tertiary/aromatic N) is 4. The van der Waals surface area contributed by atoms with Crippen LogP contribution in [0.3, 0.4) is 0 Å². The predicted molar refractivity (Wildman–Crippen MR) is 124 cm³/mol. The smallest absolute Gasteiger partial charge is 0.296 e. The van der Waals surface area contributed by atoms with E-state index in [1.54, 1.807) is 16.9 Å². The van der Waals surface area contributed by atoms with Crippen LogP contribution in [0.4, 0.5) is 0 Å². The highest BCUT2D eigenvalue weighted by Gasteiger charge is 2.32. The Labute approximate surface area is 193 Å². The van der Waals surface area contributed by atoms with Crippen LogP contribution in [0.2, 0.25) is 0 Å². The molecule has 0 bridgehead atoms. The van der Waals surface area contributed by atoms with Crippen LogP contribution in [0, 0.1) is 23.7 Å². The summed E-state index contributed by atoms with van der Waals surface area (Å²) in [6.45, 7) is 5.12. The minimum Gasteiger partial charge on any atom is -0.492 e. The average molecular weight is 443 g/mol. The number of aromatic nitrogens is 3. The maximum absolute atomic E-state index is 11.6. The molecule has 3 aromatic heterocycles. The number of fused-ring (bicyclic) bond motifs is 1. The van der Waals surface area contributed by atoms with Gasteiger partial charge in [-0.15, -0.1) is 6.42 Å². The fraction of sp³-hybridized carbons (Fsp3) is 0.360. The first kappa shape index (κ1) is 22.3. The third kappa shape index (κ3) is 4.82. The number of hydrogen-bond donors (Lipinski definition) is 2. The molecule has 3 aromatic rings. The molecule has 1 aliphatic heterocycles. The van der Waals surface area contributed by atoms with Gasteiger partial charge in [0, 0.05) is 42.0 Å². The summed E-state index contributed by atoms with van der Waals surface area (Å²) in [6, 6.07) is 8.43. The van der Waals surface area contributed by atoms with Crippen molar-refractivity contribution in [3.8, 4) is 35.3 Å². The molecule has 0 spiro atoms. The lowest BCUT2D eigenvalue weighted by Crippen LogP contribution is -2.58. The maximum atomic E-state index is 11.6. The third-order valence-corrected chi connectivity index (χ3v) is 5.98. The Morgan fingerprint density at radius 1 is 1.45 bits per heavy atom. The zero-order valence-electron chi connectivity index (χ0n) is 18.8.